The van der Waals surface area contributed by atoms with Crippen molar-refractivity contribution in [1.82, 2.24) is 9.47 Å². The fourth-order valence-electron chi connectivity index (χ4n) is 4.62. The van der Waals surface area contributed by atoms with E-state index < -0.39 is 5.79 Å². The monoisotopic (exact) mass is 414 g/mol. The number of nitrogens with zero attached hydrogens (tertiary/aromatic N) is 2. The summed E-state index contributed by atoms with van der Waals surface area (Å²) in [6, 6.07) is 12.5. The molecule has 0 saturated carbocycles. The highest BCUT2D eigenvalue weighted by molar-refractivity contribution is 6.31. The van der Waals surface area contributed by atoms with E-state index in [1.54, 1.807) is 12.1 Å². The van der Waals surface area contributed by atoms with Crippen molar-refractivity contribution < 1.29 is 13.9 Å². The third kappa shape index (κ3) is 3.36. The zero-order chi connectivity index (χ0) is 20.0. The van der Waals surface area contributed by atoms with E-state index in [9.17, 15) is 4.39 Å². The zero-order valence-electron chi connectivity index (χ0n) is 16.5. The summed E-state index contributed by atoms with van der Waals surface area (Å²) in [5.41, 5.74) is 4.66. The van der Waals surface area contributed by atoms with Gasteiger partial charge in [-0.15, -0.1) is 0 Å². The van der Waals surface area contributed by atoms with E-state index in [1.807, 2.05) is 6.07 Å². The van der Waals surface area contributed by atoms with Crippen molar-refractivity contribution in [3.05, 3.63) is 70.1 Å². The van der Waals surface area contributed by atoms with Crippen molar-refractivity contribution in [3.63, 3.8) is 0 Å². The first-order valence-corrected chi connectivity index (χ1v) is 10.5. The van der Waals surface area contributed by atoms with Crippen LogP contribution in [0.5, 0.6) is 0 Å². The Balaban J connectivity index is 1.65. The molecule has 1 saturated heterocycles. The number of fused-ring (bicyclic) bond motifs is 3. The van der Waals surface area contributed by atoms with E-state index in [4.69, 9.17) is 21.1 Å². The van der Waals surface area contributed by atoms with Crippen LogP contribution in [-0.2, 0) is 34.6 Å². The van der Waals surface area contributed by atoms with Crippen molar-refractivity contribution in [2.24, 2.45) is 0 Å². The van der Waals surface area contributed by atoms with Gasteiger partial charge in [0.25, 0.3) is 0 Å². The maximum atomic E-state index is 13.5. The summed E-state index contributed by atoms with van der Waals surface area (Å²) < 4.78 is 28.2. The van der Waals surface area contributed by atoms with Crippen LogP contribution in [0, 0.1) is 5.82 Å². The molecule has 4 nitrogen and oxygen atoms in total. The number of likely N-dealkylation sites (N-methyl/N-ethyl adjacent to an activating group) is 1. The maximum absolute atomic E-state index is 13.5. The van der Waals surface area contributed by atoms with Crippen LogP contribution >= 0.6 is 11.6 Å². The molecule has 0 spiro atoms. The first-order chi connectivity index (χ1) is 14.1. The lowest BCUT2D eigenvalue weighted by atomic mass is 10.0. The highest BCUT2D eigenvalue weighted by Gasteiger charge is 2.40. The molecule has 0 unspecified atom stereocenters. The predicted molar refractivity (Wildman–Crippen MR) is 112 cm³/mol. The highest BCUT2D eigenvalue weighted by atomic mass is 35.5. The number of halogens is 2. The van der Waals surface area contributed by atoms with Gasteiger partial charge in [-0.1, -0.05) is 23.7 Å². The number of ether oxygens (including phenoxy) is 2. The number of hydrogen-bond acceptors (Lipinski definition) is 3. The Morgan fingerprint density at radius 3 is 2.52 bits per heavy atom. The molecule has 3 heterocycles. The minimum Gasteiger partial charge on any atom is -0.342 e. The fourth-order valence-corrected chi connectivity index (χ4v) is 4.79. The molecule has 0 radical (unpaired) electrons. The lowest BCUT2D eigenvalue weighted by Crippen LogP contribution is -2.33. The Morgan fingerprint density at radius 1 is 1.03 bits per heavy atom. The van der Waals surface area contributed by atoms with Crippen molar-refractivity contribution >= 4 is 22.5 Å². The van der Waals surface area contributed by atoms with Gasteiger partial charge in [-0.05, 0) is 49.4 Å². The minimum atomic E-state index is -0.911. The summed E-state index contributed by atoms with van der Waals surface area (Å²) in [5, 5.41) is 1.95. The smallest absolute Gasteiger partial charge is 0.213 e. The van der Waals surface area contributed by atoms with Crippen LogP contribution in [0.15, 0.2) is 42.5 Å². The second kappa shape index (κ2) is 7.40. The predicted octanol–water partition coefficient (Wildman–Crippen LogP) is 4.36. The standard InChI is InChI=1S/C23H24ClFN2O2/c1-26-10-8-19-20-14-17(24)4-7-21(20)27(22(19)9-11-26)15-23(28-12-13-29-23)16-2-5-18(25)6-3-16/h2-7,14H,8-13,15H2,1H3. The Kier molecular flexibility index (Phi) is 4.87. The number of hydrogen-bond donors (Lipinski definition) is 0. The summed E-state index contributed by atoms with van der Waals surface area (Å²) in [6.45, 7) is 3.59. The maximum Gasteiger partial charge on any atom is 0.213 e. The molecule has 0 amide bonds. The second-order valence-electron chi connectivity index (χ2n) is 7.93. The van der Waals surface area contributed by atoms with Gasteiger partial charge in [-0.25, -0.2) is 4.39 Å². The van der Waals surface area contributed by atoms with Crippen LogP contribution in [0.1, 0.15) is 16.8 Å². The molecule has 2 aromatic carbocycles. The summed E-state index contributed by atoms with van der Waals surface area (Å²) >= 11 is 6.34. The molecule has 0 atom stereocenters. The van der Waals surface area contributed by atoms with Gasteiger partial charge in [0.2, 0.25) is 5.79 Å². The molecule has 0 aliphatic carbocycles. The van der Waals surface area contributed by atoms with Gasteiger partial charge < -0.3 is 18.9 Å². The van der Waals surface area contributed by atoms with Crippen LogP contribution in [-0.4, -0.2) is 42.8 Å². The molecule has 29 heavy (non-hydrogen) atoms. The first kappa shape index (κ1) is 19.1. The largest absolute Gasteiger partial charge is 0.342 e. The van der Waals surface area contributed by atoms with Gasteiger partial charge >= 0.3 is 0 Å². The first-order valence-electron chi connectivity index (χ1n) is 10.1. The third-order valence-corrected chi connectivity index (χ3v) is 6.36. The molecule has 152 valence electrons. The van der Waals surface area contributed by atoms with Gasteiger partial charge in [0, 0.05) is 46.7 Å². The van der Waals surface area contributed by atoms with E-state index in [2.05, 4.69) is 28.6 Å². The highest BCUT2D eigenvalue weighted by Crippen LogP contribution is 2.38. The molecule has 0 N–H and O–H groups in total. The lowest BCUT2D eigenvalue weighted by Gasteiger charge is -2.30. The molecule has 1 aromatic heterocycles. The van der Waals surface area contributed by atoms with Crippen LogP contribution < -0.4 is 0 Å². The molecule has 3 aromatic rings. The van der Waals surface area contributed by atoms with Gasteiger partial charge in [0.15, 0.2) is 0 Å². The molecule has 5 rings (SSSR count). The minimum absolute atomic E-state index is 0.264. The topological polar surface area (TPSA) is 26.6 Å². The summed E-state index contributed by atoms with van der Waals surface area (Å²) in [7, 11) is 2.16. The zero-order valence-corrected chi connectivity index (χ0v) is 17.2. The van der Waals surface area contributed by atoms with Gasteiger partial charge in [-0.2, -0.15) is 0 Å². The van der Waals surface area contributed by atoms with Crippen LogP contribution in [0.2, 0.25) is 5.02 Å². The van der Waals surface area contributed by atoms with E-state index >= 15 is 0 Å². The fraction of sp³-hybridized carbons (Fsp3) is 0.391. The molecule has 0 bridgehead atoms. The molecular formula is C23H24ClFN2O2. The Labute approximate surface area is 174 Å². The molecule has 2 aliphatic rings. The normalized spacial score (nSPS) is 19.4. The van der Waals surface area contributed by atoms with E-state index in [0.717, 1.165) is 42.0 Å². The number of rotatable bonds is 3. The van der Waals surface area contributed by atoms with Gasteiger partial charge in [0.05, 0.1) is 19.8 Å². The van der Waals surface area contributed by atoms with E-state index in [0.29, 0.717) is 19.8 Å². The van der Waals surface area contributed by atoms with Crippen molar-refractivity contribution in [2.45, 2.75) is 25.2 Å². The molecule has 6 heteroatoms. The second-order valence-corrected chi connectivity index (χ2v) is 8.37. The Hall–Kier alpha value is -1.92. The Bertz CT molecular complexity index is 1040. The summed E-state index contributed by atoms with van der Waals surface area (Å²) in [6.07, 6.45) is 1.94. The number of benzene rings is 2. The Morgan fingerprint density at radius 2 is 1.76 bits per heavy atom. The summed E-state index contributed by atoms with van der Waals surface area (Å²) in [4.78, 5) is 2.36. The van der Waals surface area contributed by atoms with Gasteiger partial charge in [-0.3, -0.25) is 0 Å². The van der Waals surface area contributed by atoms with Crippen LogP contribution in [0.25, 0.3) is 10.9 Å². The third-order valence-electron chi connectivity index (χ3n) is 6.13. The van der Waals surface area contributed by atoms with Crippen molar-refractivity contribution in [1.29, 1.82) is 0 Å². The average molecular weight is 415 g/mol. The van der Waals surface area contributed by atoms with Crippen LogP contribution in [0.3, 0.4) is 0 Å². The molecular weight excluding hydrogens is 391 g/mol. The average Bonchev–Trinajstić information content (AvgIpc) is 3.23. The number of aromatic nitrogens is 1. The van der Waals surface area contributed by atoms with Gasteiger partial charge in [0.1, 0.15) is 5.82 Å². The molecule has 1 fully saturated rings. The lowest BCUT2D eigenvalue weighted by molar-refractivity contribution is -0.175. The van der Waals surface area contributed by atoms with Crippen LogP contribution in [0.4, 0.5) is 4.39 Å². The SMILES string of the molecule is CN1CCc2c(n(CC3(c4ccc(F)cc4)OCCO3)c3ccc(Cl)cc23)CC1. The van der Waals surface area contributed by atoms with E-state index in [1.165, 1.54) is 28.8 Å². The van der Waals surface area contributed by atoms with E-state index in [-0.39, 0.29) is 5.82 Å². The van der Waals surface area contributed by atoms with Crippen molar-refractivity contribution in [2.75, 3.05) is 33.4 Å². The quantitative estimate of drug-likeness (QED) is 0.637. The molecule has 2 aliphatic heterocycles. The summed E-state index contributed by atoms with van der Waals surface area (Å²) in [5.74, 6) is -1.18. The van der Waals surface area contributed by atoms with Crippen molar-refractivity contribution in [3.8, 4) is 0 Å².